The van der Waals surface area contributed by atoms with Crippen molar-refractivity contribution in [2.75, 3.05) is 12.4 Å². The minimum absolute atomic E-state index is 0.402. The summed E-state index contributed by atoms with van der Waals surface area (Å²) < 4.78 is 12.5. The summed E-state index contributed by atoms with van der Waals surface area (Å²) in [5, 5.41) is 7.38. The predicted octanol–water partition coefficient (Wildman–Crippen LogP) is 3.32. The Hall–Kier alpha value is -3.61. The normalized spacial score (nSPS) is 15.6. The Labute approximate surface area is 162 Å². The standard InChI is InChI=1S/C21H20N4O3/c1-14-18(20(26)27-2)19(25-21(24-14)22-13-23-25)16-8-10-17(11-9-16)28-12-15-6-4-3-5-7-15/h3-11,13,19H,12H2,1-2H3,(H,22,23,24)/t19-/m1/s1. The number of esters is 1. The van der Waals surface area contributed by atoms with E-state index in [0.717, 1.165) is 16.9 Å². The molecule has 0 amide bonds. The molecule has 1 aliphatic rings. The van der Waals surface area contributed by atoms with Crippen molar-refractivity contribution < 1.29 is 14.3 Å². The second-order valence-corrected chi connectivity index (χ2v) is 6.43. The predicted molar refractivity (Wildman–Crippen MR) is 104 cm³/mol. The van der Waals surface area contributed by atoms with Crippen molar-refractivity contribution in [2.24, 2.45) is 0 Å². The summed E-state index contributed by atoms with van der Waals surface area (Å²) in [6, 6.07) is 17.2. The Morgan fingerprint density at radius 2 is 1.89 bits per heavy atom. The molecule has 1 N–H and O–H groups in total. The van der Waals surface area contributed by atoms with E-state index in [9.17, 15) is 4.79 Å². The lowest BCUT2D eigenvalue weighted by atomic mass is 9.96. The van der Waals surface area contributed by atoms with Gasteiger partial charge in [-0.2, -0.15) is 10.1 Å². The smallest absolute Gasteiger partial charge is 0.338 e. The summed E-state index contributed by atoms with van der Waals surface area (Å²) in [7, 11) is 1.37. The molecule has 2 aromatic carbocycles. The molecule has 0 saturated heterocycles. The molecule has 2 heterocycles. The third-order valence-electron chi connectivity index (χ3n) is 4.64. The van der Waals surface area contributed by atoms with Crippen molar-refractivity contribution in [1.29, 1.82) is 0 Å². The molecule has 0 aliphatic carbocycles. The lowest BCUT2D eigenvalue weighted by Gasteiger charge is -2.28. The summed E-state index contributed by atoms with van der Waals surface area (Å²) in [5.74, 6) is 0.931. The third kappa shape index (κ3) is 3.34. The molecule has 0 unspecified atom stereocenters. The van der Waals surface area contributed by atoms with Crippen LogP contribution in [0.5, 0.6) is 5.75 Å². The maximum Gasteiger partial charge on any atom is 0.338 e. The molecule has 7 heteroatoms. The van der Waals surface area contributed by atoms with Crippen molar-refractivity contribution in [3.05, 3.63) is 83.3 Å². The highest BCUT2D eigenvalue weighted by Gasteiger charge is 2.33. The number of ether oxygens (including phenoxy) is 2. The van der Waals surface area contributed by atoms with Crippen LogP contribution in [0.4, 0.5) is 5.95 Å². The van der Waals surface area contributed by atoms with Gasteiger partial charge in [-0.3, -0.25) is 0 Å². The summed E-state index contributed by atoms with van der Waals surface area (Å²) in [5.41, 5.74) is 3.18. The third-order valence-corrected chi connectivity index (χ3v) is 4.64. The number of hydrogen-bond donors (Lipinski definition) is 1. The highest BCUT2D eigenvalue weighted by atomic mass is 16.5. The summed E-state index contributed by atoms with van der Waals surface area (Å²) >= 11 is 0. The molecular weight excluding hydrogens is 356 g/mol. The van der Waals surface area contributed by atoms with Gasteiger partial charge in [0, 0.05) is 5.70 Å². The monoisotopic (exact) mass is 376 g/mol. The van der Waals surface area contributed by atoms with Gasteiger partial charge in [0.25, 0.3) is 0 Å². The number of allylic oxidation sites excluding steroid dienone is 1. The highest BCUT2D eigenvalue weighted by molar-refractivity contribution is 5.92. The van der Waals surface area contributed by atoms with E-state index in [0.29, 0.717) is 23.8 Å². The number of carbonyl (C=O) groups excluding carboxylic acids is 1. The van der Waals surface area contributed by atoms with Gasteiger partial charge in [-0.15, -0.1) is 0 Å². The molecule has 1 atom stereocenters. The molecule has 3 aromatic rings. The quantitative estimate of drug-likeness (QED) is 0.688. The van der Waals surface area contributed by atoms with Crippen molar-refractivity contribution in [1.82, 2.24) is 14.8 Å². The minimum Gasteiger partial charge on any atom is -0.489 e. The van der Waals surface area contributed by atoms with Gasteiger partial charge in [-0.05, 0) is 30.2 Å². The second-order valence-electron chi connectivity index (χ2n) is 6.43. The summed E-state index contributed by atoms with van der Waals surface area (Å²) in [6.07, 6.45) is 1.46. The molecule has 0 bridgehead atoms. The average Bonchev–Trinajstić information content (AvgIpc) is 3.20. The highest BCUT2D eigenvalue weighted by Crippen LogP contribution is 2.35. The number of anilines is 1. The number of nitrogens with one attached hydrogen (secondary N) is 1. The van der Waals surface area contributed by atoms with E-state index in [2.05, 4.69) is 15.4 Å². The zero-order valence-electron chi connectivity index (χ0n) is 15.6. The van der Waals surface area contributed by atoms with Crippen LogP contribution in [0.15, 0.2) is 72.2 Å². The van der Waals surface area contributed by atoms with Crippen LogP contribution in [0.25, 0.3) is 0 Å². The van der Waals surface area contributed by atoms with Gasteiger partial charge in [-0.1, -0.05) is 42.5 Å². The van der Waals surface area contributed by atoms with Crippen LogP contribution in [0.2, 0.25) is 0 Å². The number of hydrogen-bond acceptors (Lipinski definition) is 6. The molecule has 0 radical (unpaired) electrons. The van der Waals surface area contributed by atoms with Crippen LogP contribution < -0.4 is 10.1 Å². The first kappa shape index (κ1) is 17.8. The van der Waals surface area contributed by atoms with Crippen LogP contribution in [0, 0.1) is 0 Å². The first-order valence-electron chi connectivity index (χ1n) is 8.89. The topological polar surface area (TPSA) is 78.3 Å². The maximum atomic E-state index is 12.4. The van der Waals surface area contributed by atoms with Crippen LogP contribution in [-0.2, 0) is 16.1 Å². The number of methoxy groups -OCH3 is 1. The van der Waals surface area contributed by atoms with Crippen molar-refractivity contribution in [2.45, 2.75) is 19.6 Å². The van der Waals surface area contributed by atoms with E-state index in [1.54, 1.807) is 4.68 Å². The number of aromatic nitrogens is 3. The molecule has 1 aliphatic heterocycles. The molecule has 28 heavy (non-hydrogen) atoms. The van der Waals surface area contributed by atoms with Crippen LogP contribution >= 0.6 is 0 Å². The Balaban J connectivity index is 1.61. The van der Waals surface area contributed by atoms with Crippen molar-refractivity contribution in [3.8, 4) is 5.75 Å². The maximum absolute atomic E-state index is 12.4. The summed E-state index contributed by atoms with van der Waals surface area (Å²) in [6.45, 7) is 2.32. The molecular formula is C21H20N4O3. The fraction of sp³-hybridized carbons (Fsp3) is 0.190. The Morgan fingerprint density at radius 1 is 1.14 bits per heavy atom. The largest absolute Gasteiger partial charge is 0.489 e. The number of nitrogens with zero attached hydrogens (tertiary/aromatic N) is 3. The van der Waals surface area contributed by atoms with Gasteiger partial charge in [0.15, 0.2) is 0 Å². The Morgan fingerprint density at radius 3 is 2.61 bits per heavy atom. The summed E-state index contributed by atoms with van der Waals surface area (Å²) in [4.78, 5) is 16.6. The van der Waals surface area contributed by atoms with E-state index in [1.165, 1.54) is 13.4 Å². The lowest BCUT2D eigenvalue weighted by molar-refractivity contribution is -0.136. The van der Waals surface area contributed by atoms with Crippen molar-refractivity contribution >= 4 is 11.9 Å². The first-order chi connectivity index (χ1) is 13.7. The number of benzene rings is 2. The van der Waals surface area contributed by atoms with Gasteiger partial charge < -0.3 is 14.8 Å². The Kier molecular flexibility index (Phi) is 4.80. The van der Waals surface area contributed by atoms with Crippen LogP contribution in [-0.4, -0.2) is 27.8 Å². The van der Waals surface area contributed by atoms with E-state index in [1.807, 2.05) is 61.5 Å². The van der Waals surface area contributed by atoms with E-state index in [-0.39, 0.29) is 0 Å². The molecule has 142 valence electrons. The van der Waals surface area contributed by atoms with Gasteiger partial charge in [-0.25, -0.2) is 9.48 Å². The first-order valence-corrected chi connectivity index (χ1v) is 8.89. The second kappa shape index (κ2) is 7.56. The van der Waals surface area contributed by atoms with Gasteiger partial charge in [0.05, 0.1) is 12.7 Å². The van der Waals surface area contributed by atoms with Crippen molar-refractivity contribution in [3.63, 3.8) is 0 Å². The van der Waals surface area contributed by atoms with E-state index < -0.39 is 12.0 Å². The lowest BCUT2D eigenvalue weighted by Crippen LogP contribution is -2.29. The van der Waals surface area contributed by atoms with Gasteiger partial charge >= 0.3 is 5.97 Å². The number of rotatable bonds is 5. The molecule has 0 saturated carbocycles. The molecule has 0 fully saturated rings. The molecule has 7 nitrogen and oxygen atoms in total. The zero-order valence-corrected chi connectivity index (χ0v) is 15.6. The fourth-order valence-corrected chi connectivity index (χ4v) is 3.26. The SMILES string of the molecule is COC(=O)C1=C(C)Nc2ncnn2[C@@H]1c1ccc(OCc2ccccc2)cc1. The fourth-order valence-electron chi connectivity index (χ4n) is 3.26. The van der Waals surface area contributed by atoms with Gasteiger partial charge in [0.1, 0.15) is 24.7 Å². The average molecular weight is 376 g/mol. The Bertz CT molecular complexity index is 1010. The zero-order chi connectivity index (χ0) is 19.5. The van der Waals surface area contributed by atoms with E-state index >= 15 is 0 Å². The molecule has 4 rings (SSSR count). The number of carbonyl (C=O) groups is 1. The van der Waals surface area contributed by atoms with Gasteiger partial charge in [0.2, 0.25) is 5.95 Å². The molecule has 1 aromatic heterocycles. The molecule has 0 spiro atoms. The minimum atomic E-state index is -0.422. The van der Waals surface area contributed by atoms with Crippen LogP contribution in [0.3, 0.4) is 0 Å². The number of fused-ring (bicyclic) bond motifs is 1. The van der Waals surface area contributed by atoms with Crippen LogP contribution in [0.1, 0.15) is 24.1 Å². The van der Waals surface area contributed by atoms with E-state index in [4.69, 9.17) is 9.47 Å².